The summed E-state index contributed by atoms with van der Waals surface area (Å²) >= 11 is 0. The van der Waals surface area contributed by atoms with Crippen LogP contribution in [0.2, 0.25) is 0 Å². The Morgan fingerprint density at radius 1 is 1.04 bits per heavy atom. The second kappa shape index (κ2) is 5.81. The van der Waals surface area contributed by atoms with Gasteiger partial charge in [-0.3, -0.25) is 4.79 Å². The Labute approximate surface area is 149 Å². The Hall–Kier alpha value is -1.40. The van der Waals surface area contributed by atoms with Crippen LogP contribution in [0.1, 0.15) is 44.1 Å². The van der Waals surface area contributed by atoms with Gasteiger partial charge in [0, 0.05) is 19.3 Å². The summed E-state index contributed by atoms with van der Waals surface area (Å²) < 4.78 is 29.1. The zero-order valence-electron chi connectivity index (χ0n) is 14.7. The third-order valence-electron chi connectivity index (χ3n) is 6.38. The fourth-order valence-corrected chi connectivity index (χ4v) is 5.01. The van der Waals surface area contributed by atoms with Crippen molar-refractivity contribution in [2.75, 3.05) is 26.0 Å². The van der Waals surface area contributed by atoms with Crippen molar-refractivity contribution in [2.24, 2.45) is 0 Å². The first-order valence-corrected chi connectivity index (χ1v) is 11.0. The van der Waals surface area contributed by atoms with Crippen LogP contribution in [0.25, 0.3) is 0 Å². The van der Waals surface area contributed by atoms with Crippen molar-refractivity contribution < 1.29 is 17.9 Å². The Kier molecular flexibility index (Phi) is 3.96. The molecule has 3 fully saturated rings. The average molecular weight is 363 g/mol. The first kappa shape index (κ1) is 17.0. The SMILES string of the molecule is CS(=O)(=O)c1ccc(C2(C(=O)N3CCC4(CCO4)CC3)CCC2)cc1. The van der Waals surface area contributed by atoms with E-state index in [0.717, 1.165) is 63.8 Å². The molecule has 6 heteroatoms. The largest absolute Gasteiger partial charge is 0.375 e. The predicted molar refractivity (Wildman–Crippen MR) is 94.2 cm³/mol. The van der Waals surface area contributed by atoms with Crippen molar-refractivity contribution in [3.63, 3.8) is 0 Å². The molecule has 1 saturated carbocycles. The van der Waals surface area contributed by atoms with Gasteiger partial charge in [0.25, 0.3) is 0 Å². The second-order valence-electron chi connectivity index (χ2n) is 7.81. The van der Waals surface area contributed by atoms with Crippen LogP contribution in [0.15, 0.2) is 29.2 Å². The maximum absolute atomic E-state index is 13.3. The number of hydrogen-bond donors (Lipinski definition) is 0. The standard InChI is InChI=1S/C19H25NO4S/c1-25(22,23)16-5-3-15(4-6-16)19(7-2-8-19)17(21)20-12-9-18(10-13-20)11-14-24-18/h3-6H,2,7-14H2,1H3. The van der Waals surface area contributed by atoms with Gasteiger partial charge in [0.15, 0.2) is 9.84 Å². The molecule has 4 rings (SSSR count). The lowest BCUT2D eigenvalue weighted by molar-refractivity contribution is -0.179. The van der Waals surface area contributed by atoms with Gasteiger partial charge in [-0.1, -0.05) is 18.6 Å². The van der Waals surface area contributed by atoms with Crippen molar-refractivity contribution in [1.29, 1.82) is 0 Å². The highest BCUT2D eigenvalue weighted by Gasteiger charge is 2.50. The fraction of sp³-hybridized carbons (Fsp3) is 0.632. The molecule has 1 aromatic rings. The first-order valence-electron chi connectivity index (χ1n) is 9.09. The molecule has 5 nitrogen and oxygen atoms in total. The second-order valence-corrected chi connectivity index (χ2v) is 9.82. The zero-order valence-corrected chi connectivity index (χ0v) is 15.5. The summed E-state index contributed by atoms with van der Waals surface area (Å²) in [5, 5.41) is 0. The number of hydrogen-bond acceptors (Lipinski definition) is 4. The van der Waals surface area contributed by atoms with Crippen LogP contribution in [0, 0.1) is 0 Å². The Morgan fingerprint density at radius 3 is 2.04 bits per heavy atom. The zero-order chi connectivity index (χ0) is 17.7. The van der Waals surface area contributed by atoms with Gasteiger partial charge in [0.1, 0.15) is 0 Å². The summed E-state index contributed by atoms with van der Waals surface area (Å²) in [6, 6.07) is 6.92. The van der Waals surface area contributed by atoms with Crippen molar-refractivity contribution in [1.82, 2.24) is 4.90 Å². The van der Waals surface area contributed by atoms with E-state index in [2.05, 4.69) is 0 Å². The number of rotatable bonds is 3. The lowest BCUT2D eigenvalue weighted by Crippen LogP contribution is -2.58. The van der Waals surface area contributed by atoms with E-state index in [1.165, 1.54) is 6.26 Å². The number of carbonyl (C=O) groups excluding carboxylic acids is 1. The summed E-state index contributed by atoms with van der Waals surface area (Å²) in [5.41, 5.74) is 0.540. The van der Waals surface area contributed by atoms with E-state index < -0.39 is 15.3 Å². The number of carbonyl (C=O) groups is 1. The summed E-state index contributed by atoms with van der Waals surface area (Å²) in [7, 11) is -3.21. The van der Waals surface area contributed by atoms with Crippen molar-refractivity contribution in [3.05, 3.63) is 29.8 Å². The van der Waals surface area contributed by atoms with Crippen LogP contribution in [-0.2, 0) is 24.8 Å². The Morgan fingerprint density at radius 2 is 1.64 bits per heavy atom. The highest BCUT2D eigenvalue weighted by molar-refractivity contribution is 7.90. The molecule has 2 heterocycles. The van der Waals surface area contributed by atoms with Crippen molar-refractivity contribution >= 4 is 15.7 Å². The molecule has 136 valence electrons. The predicted octanol–water partition coefficient (Wildman–Crippen LogP) is 2.29. The van der Waals surface area contributed by atoms with Crippen LogP contribution < -0.4 is 0 Å². The molecule has 1 aliphatic carbocycles. The highest BCUT2D eigenvalue weighted by Crippen LogP contribution is 2.46. The maximum Gasteiger partial charge on any atom is 0.233 e. The van der Waals surface area contributed by atoms with E-state index in [1.54, 1.807) is 12.1 Å². The normalized spacial score (nSPS) is 24.4. The molecule has 0 aromatic heterocycles. The van der Waals surface area contributed by atoms with Gasteiger partial charge in [0.05, 0.1) is 22.5 Å². The van der Waals surface area contributed by atoms with E-state index in [0.29, 0.717) is 4.90 Å². The van der Waals surface area contributed by atoms with E-state index >= 15 is 0 Å². The van der Waals surface area contributed by atoms with Crippen molar-refractivity contribution in [2.45, 2.75) is 54.4 Å². The molecule has 1 amide bonds. The molecular weight excluding hydrogens is 338 g/mol. The third-order valence-corrected chi connectivity index (χ3v) is 7.51. The van der Waals surface area contributed by atoms with Gasteiger partial charge in [-0.05, 0) is 49.8 Å². The Bertz CT molecular complexity index is 766. The van der Waals surface area contributed by atoms with E-state index in [-0.39, 0.29) is 11.5 Å². The average Bonchev–Trinajstić information content (AvgIpc) is 2.52. The van der Waals surface area contributed by atoms with Gasteiger partial charge >= 0.3 is 0 Å². The van der Waals surface area contributed by atoms with Crippen LogP contribution in [-0.4, -0.2) is 50.8 Å². The molecule has 0 N–H and O–H groups in total. The maximum atomic E-state index is 13.3. The first-order chi connectivity index (χ1) is 11.8. The van der Waals surface area contributed by atoms with Gasteiger partial charge < -0.3 is 9.64 Å². The topological polar surface area (TPSA) is 63.7 Å². The summed E-state index contributed by atoms with van der Waals surface area (Å²) in [5.74, 6) is 0.208. The number of nitrogens with zero attached hydrogens (tertiary/aromatic N) is 1. The van der Waals surface area contributed by atoms with Crippen LogP contribution >= 0.6 is 0 Å². The smallest absolute Gasteiger partial charge is 0.233 e. The molecule has 2 saturated heterocycles. The highest BCUT2D eigenvalue weighted by atomic mass is 32.2. The van der Waals surface area contributed by atoms with E-state index in [4.69, 9.17) is 4.74 Å². The molecular formula is C19H25NO4S. The molecule has 1 aromatic carbocycles. The summed E-state index contributed by atoms with van der Waals surface area (Å²) in [4.78, 5) is 15.6. The van der Waals surface area contributed by atoms with Gasteiger partial charge in [0.2, 0.25) is 5.91 Å². The van der Waals surface area contributed by atoms with E-state index in [1.807, 2.05) is 17.0 Å². The molecule has 0 radical (unpaired) electrons. The number of amides is 1. The number of benzene rings is 1. The number of sulfone groups is 1. The molecule has 0 atom stereocenters. The Balaban J connectivity index is 1.53. The fourth-order valence-electron chi connectivity index (χ4n) is 4.38. The van der Waals surface area contributed by atoms with E-state index in [9.17, 15) is 13.2 Å². The summed E-state index contributed by atoms with van der Waals surface area (Å²) in [6.45, 7) is 2.38. The van der Waals surface area contributed by atoms with Gasteiger partial charge in [-0.2, -0.15) is 0 Å². The quantitative estimate of drug-likeness (QED) is 0.827. The van der Waals surface area contributed by atoms with Gasteiger partial charge in [-0.25, -0.2) is 8.42 Å². The summed E-state index contributed by atoms with van der Waals surface area (Å²) in [6.07, 6.45) is 6.93. The van der Waals surface area contributed by atoms with Gasteiger partial charge in [-0.15, -0.1) is 0 Å². The lowest BCUT2D eigenvalue weighted by atomic mass is 9.63. The minimum atomic E-state index is -3.21. The number of likely N-dealkylation sites (tertiary alicyclic amines) is 1. The number of piperidine rings is 1. The lowest BCUT2D eigenvalue weighted by Gasteiger charge is -2.50. The monoisotopic (exact) mass is 363 g/mol. The molecule has 0 bridgehead atoms. The molecule has 3 aliphatic rings. The molecule has 2 aliphatic heterocycles. The van der Waals surface area contributed by atoms with Crippen LogP contribution in [0.3, 0.4) is 0 Å². The van der Waals surface area contributed by atoms with Crippen molar-refractivity contribution in [3.8, 4) is 0 Å². The molecule has 0 unspecified atom stereocenters. The third kappa shape index (κ3) is 2.79. The molecule has 25 heavy (non-hydrogen) atoms. The molecule has 1 spiro atoms. The minimum Gasteiger partial charge on any atom is -0.375 e. The van der Waals surface area contributed by atoms with Crippen LogP contribution in [0.5, 0.6) is 0 Å². The number of ether oxygens (including phenoxy) is 1. The van der Waals surface area contributed by atoms with Crippen LogP contribution in [0.4, 0.5) is 0 Å². The minimum absolute atomic E-state index is 0.0424.